The van der Waals surface area contributed by atoms with E-state index < -0.39 is 0 Å². The van der Waals surface area contributed by atoms with Gasteiger partial charge in [0.05, 0.1) is 0 Å². The summed E-state index contributed by atoms with van der Waals surface area (Å²) < 4.78 is 5.72. The molecular formula is C20H32O. The predicted octanol–water partition coefficient (Wildman–Crippen LogP) is 6.65. The molecule has 0 spiro atoms. The van der Waals surface area contributed by atoms with Crippen molar-refractivity contribution < 1.29 is 4.74 Å². The smallest absolute Gasteiger partial charge is 0.122 e. The highest BCUT2D eigenvalue weighted by Gasteiger charge is 1.97. The highest BCUT2D eigenvalue weighted by Crippen LogP contribution is 2.17. The van der Waals surface area contributed by atoms with Crippen molar-refractivity contribution in [1.82, 2.24) is 0 Å². The molecule has 0 aliphatic heterocycles. The molecule has 0 aliphatic rings. The Hall–Kier alpha value is -1.76. The first-order chi connectivity index (χ1) is 10.4. The fourth-order valence-corrected chi connectivity index (χ4v) is 1.45. The molecule has 0 aliphatic carbocycles. The van der Waals surface area contributed by atoms with Crippen molar-refractivity contribution in [2.75, 3.05) is 0 Å². The fraction of sp³-hybridized carbons (Fsp3) is 0.400. The molecule has 0 radical (unpaired) electrons. The number of benzene rings is 2. The maximum absolute atomic E-state index is 5.72. The predicted molar refractivity (Wildman–Crippen MR) is 96.0 cm³/mol. The van der Waals surface area contributed by atoms with Crippen LogP contribution in [0.4, 0.5) is 0 Å². The van der Waals surface area contributed by atoms with Crippen molar-refractivity contribution in [3.05, 3.63) is 65.7 Å². The Labute approximate surface area is 132 Å². The van der Waals surface area contributed by atoms with E-state index in [0.29, 0.717) is 6.61 Å². The third kappa shape index (κ3) is 9.73. The van der Waals surface area contributed by atoms with Gasteiger partial charge in [-0.25, -0.2) is 0 Å². The van der Waals surface area contributed by atoms with E-state index in [1.807, 2.05) is 77.9 Å². The molecule has 0 atom stereocenters. The zero-order valence-electron chi connectivity index (χ0n) is 14.8. The Morgan fingerprint density at radius 3 is 1.67 bits per heavy atom. The summed E-state index contributed by atoms with van der Waals surface area (Å²) in [5.74, 6) is 0.960. The molecule has 2 aromatic rings. The number of hydrogen-bond donors (Lipinski definition) is 0. The van der Waals surface area contributed by atoms with Crippen molar-refractivity contribution in [1.29, 1.82) is 0 Å². The molecule has 2 aromatic carbocycles. The topological polar surface area (TPSA) is 9.23 Å². The van der Waals surface area contributed by atoms with Gasteiger partial charge in [-0.05, 0) is 24.1 Å². The van der Waals surface area contributed by atoms with Gasteiger partial charge in [0, 0.05) is 0 Å². The van der Waals surface area contributed by atoms with Crippen LogP contribution in [0.5, 0.6) is 5.75 Å². The van der Waals surface area contributed by atoms with Crippen LogP contribution in [0.2, 0.25) is 0 Å². The highest BCUT2D eigenvalue weighted by molar-refractivity contribution is 5.32. The minimum absolute atomic E-state index is 0.631. The molecule has 118 valence electrons. The van der Waals surface area contributed by atoms with Crippen molar-refractivity contribution in [2.45, 2.75) is 55.1 Å². The van der Waals surface area contributed by atoms with Gasteiger partial charge in [0.25, 0.3) is 0 Å². The Balaban J connectivity index is 0. The number of para-hydroxylation sites is 1. The third-order valence-corrected chi connectivity index (χ3v) is 2.33. The standard InChI is InChI=1S/C14H14O.3C2H6/c1-12-7-5-6-10-14(12)15-11-13-8-3-2-4-9-13;3*1-2/h2-10H,11H2,1H3;3*1-2H3. The van der Waals surface area contributed by atoms with Gasteiger partial charge in [-0.2, -0.15) is 0 Å². The fourth-order valence-electron chi connectivity index (χ4n) is 1.45. The third-order valence-electron chi connectivity index (χ3n) is 2.33. The van der Waals surface area contributed by atoms with Crippen LogP contribution in [0, 0.1) is 6.92 Å². The normalized spacial score (nSPS) is 7.95. The van der Waals surface area contributed by atoms with Gasteiger partial charge < -0.3 is 4.74 Å². The van der Waals surface area contributed by atoms with Crippen molar-refractivity contribution in [3.63, 3.8) is 0 Å². The Bertz CT molecular complexity index is 421. The second-order valence-corrected chi connectivity index (χ2v) is 3.54. The van der Waals surface area contributed by atoms with Crippen molar-refractivity contribution in [2.24, 2.45) is 0 Å². The Morgan fingerprint density at radius 2 is 1.14 bits per heavy atom. The Kier molecular flexibility index (Phi) is 16.7. The van der Waals surface area contributed by atoms with E-state index in [2.05, 4.69) is 25.1 Å². The SMILES string of the molecule is CC.CC.CC.Cc1ccccc1OCc1ccccc1. The van der Waals surface area contributed by atoms with Gasteiger partial charge in [0.15, 0.2) is 0 Å². The van der Waals surface area contributed by atoms with Crippen LogP contribution < -0.4 is 4.74 Å². The molecule has 0 amide bonds. The van der Waals surface area contributed by atoms with Gasteiger partial charge in [0.2, 0.25) is 0 Å². The summed E-state index contributed by atoms with van der Waals surface area (Å²) in [6.07, 6.45) is 0. The molecule has 0 aromatic heterocycles. The zero-order valence-corrected chi connectivity index (χ0v) is 14.8. The maximum atomic E-state index is 5.72. The highest BCUT2D eigenvalue weighted by atomic mass is 16.5. The van der Waals surface area contributed by atoms with Gasteiger partial charge in [-0.15, -0.1) is 0 Å². The summed E-state index contributed by atoms with van der Waals surface area (Å²) in [7, 11) is 0. The van der Waals surface area contributed by atoms with E-state index in [1.165, 1.54) is 11.1 Å². The molecule has 0 unspecified atom stereocenters. The lowest BCUT2D eigenvalue weighted by molar-refractivity contribution is 0.304. The second kappa shape index (κ2) is 16.3. The molecule has 21 heavy (non-hydrogen) atoms. The number of aryl methyl sites for hydroxylation is 1. The number of ether oxygens (including phenoxy) is 1. The number of rotatable bonds is 3. The summed E-state index contributed by atoms with van der Waals surface area (Å²) >= 11 is 0. The van der Waals surface area contributed by atoms with Crippen LogP contribution in [0.3, 0.4) is 0 Å². The molecule has 1 nitrogen and oxygen atoms in total. The van der Waals surface area contributed by atoms with Crippen molar-refractivity contribution >= 4 is 0 Å². The average Bonchev–Trinajstić information content (AvgIpc) is 2.60. The van der Waals surface area contributed by atoms with Crippen LogP contribution >= 0.6 is 0 Å². The van der Waals surface area contributed by atoms with Crippen LogP contribution in [-0.2, 0) is 6.61 Å². The van der Waals surface area contributed by atoms with Crippen LogP contribution in [0.25, 0.3) is 0 Å². The Morgan fingerprint density at radius 1 is 0.667 bits per heavy atom. The summed E-state index contributed by atoms with van der Waals surface area (Å²) in [5, 5.41) is 0. The first-order valence-corrected chi connectivity index (χ1v) is 8.08. The lowest BCUT2D eigenvalue weighted by Gasteiger charge is -2.08. The van der Waals surface area contributed by atoms with Crippen LogP contribution in [0.15, 0.2) is 54.6 Å². The van der Waals surface area contributed by atoms with E-state index in [-0.39, 0.29) is 0 Å². The van der Waals surface area contributed by atoms with Gasteiger partial charge in [-0.1, -0.05) is 90.1 Å². The first-order valence-electron chi connectivity index (χ1n) is 8.08. The molecule has 0 fully saturated rings. The summed E-state index contributed by atoms with van der Waals surface area (Å²) in [4.78, 5) is 0. The molecule has 0 heterocycles. The quantitative estimate of drug-likeness (QED) is 0.614. The summed E-state index contributed by atoms with van der Waals surface area (Å²) in [6.45, 7) is 14.7. The summed E-state index contributed by atoms with van der Waals surface area (Å²) in [5.41, 5.74) is 2.37. The lowest BCUT2D eigenvalue weighted by atomic mass is 10.2. The minimum Gasteiger partial charge on any atom is -0.489 e. The summed E-state index contributed by atoms with van der Waals surface area (Å²) in [6, 6.07) is 18.3. The minimum atomic E-state index is 0.631. The molecule has 0 saturated heterocycles. The molecule has 2 rings (SSSR count). The van der Waals surface area contributed by atoms with Gasteiger partial charge in [0.1, 0.15) is 12.4 Å². The van der Waals surface area contributed by atoms with E-state index >= 15 is 0 Å². The molecule has 1 heteroatoms. The average molecular weight is 288 g/mol. The van der Waals surface area contributed by atoms with Crippen LogP contribution in [-0.4, -0.2) is 0 Å². The molecule has 0 bridgehead atoms. The molecule has 0 N–H and O–H groups in total. The largest absolute Gasteiger partial charge is 0.489 e. The lowest BCUT2D eigenvalue weighted by Crippen LogP contribution is -1.96. The first kappa shape index (κ1) is 21.5. The zero-order chi connectivity index (χ0) is 16.5. The monoisotopic (exact) mass is 288 g/mol. The van der Waals surface area contributed by atoms with E-state index in [9.17, 15) is 0 Å². The van der Waals surface area contributed by atoms with Gasteiger partial charge in [-0.3, -0.25) is 0 Å². The van der Waals surface area contributed by atoms with Gasteiger partial charge >= 0.3 is 0 Å². The van der Waals surface area contributed by atoms with E-state index in [1.54, 1.807) is 0 Å². The molecular weight excluding hydrogens is 256 g/mol. The second-order valence-electron chi connectivity index (χ2n) is 3.54. The van der Waals surface area contributed by atoms with E-state index in [4.69, 9.17) is 4.74 Å². The van der Waals surface area contributed by atoms with E-state index in [0.717, 1.165) is 5.75 Å². The maximum Gasteiger partial charge on any atom is 0.122 e. The van der Waals surface area contributed by atoms with Crippen molar-refractivity contribution in [3.8, 4) is 5.75 Å². The number of hydrogen-bond acceptors (Lipinski definition) is 1. The molecule has 0 saturated carbocycles. The van der Waals surface area contributed by atoms with Crippen LogP contribution in [0.1, 0.15) is 52.7 Å².